The quantitative estimate of drug-likeness (QED) is 0.264. The first-order valence-electron chi connectivity index (χ1n) is 8.61. The number of halogens is 1. The molecule has 1 N–H and O–H groups in total. The number of ether oxygens (including phenoxy) is 1. The smallest absolute Gasteiger partial charge is 0.240 e. The van der Waals surface area contributed by atoms with E-state index in [1.165, 1.54) is 0 Å². The van der Waals surface area contributed by atoms with Gasteiger partial charge in [0.25, 0.3) is 0 Å². The van der Waals surface area contributed by atoms with Crippen LogP contribution in [0.25, 0.3) is 0 Å². The molecule has 0 bridgehead atoms. The molecule has 0 aliphatic rings. The predicted molar refractivity (Wildman–Crippen MR) is 109 cm³/mol. The number of nitrogens with one attached hydrogen (secondary N) is 1. The van der Waals surface area contributed by atoms with Gasteiger partial charge in [0.1, 0.15) is 5.75 Å². The molecular weight excluding hydrogens is 368 g/mol. The van der Waals surface area contributed by atoms with Gasteiger partial charge in [-0.1, -0.05) is 37.1 Å². The van der Waals surface area contributed by atoms with Crippen LogP contribution in [-0.2, 0) is 4.79 Å². The Kier molecular flexibility index (Phi) is 9.07. The number of hydrogen-bond donors (Lipinski definition) is 1. The molecule has 0 unspecified atom stereocenters. The Hall–Kier alpha value is -1.98. The fourth-order valence-corrected chi connectivity index (χ4v) is 3.04. The maximum Gasteiger partial charge on any atom is 0.240 e. The van der Waals surface area contributed by atoms with E-state index in [-0.39, 0.29) is 5.91 Å². The van der Waals surface area contributed by atoms with Crippen LogP contribution in [0.3, 0.4) is 0 Å². The van der Waals surface area contributed by atoms with Crippen LogP contribution in [0.1, 0.15) is 31.7 Å². The number of carbonyl (C=O) groups excluding carboxylic acids is 1. The molecule has 0 fully saturated rings. The summed E-state index contributed by atoms with van der Waals surface area (Å²) >= 11 is 7.46. The molecule has 0 radical (unpaired) electrons. The van der Waals surface area contributed by atoms with Gasteiger partial charge in [-0.25, -0.2) is 5.43 Å². The lowest BCUT2D eigenvalue weighted by Crippen LogP contribution is -2.17. The fourth-order valence-electron chi connectivity index (χ4n) is 2.07. The summed E-state index contributed by atoms with van der Waals surface area (Å²) in [4.78, 5) is 13.0. The maximum absolute atomic E-state index is 11.9. The first-order valence-corrected chi connectivity index (χ1v) is 9.97. The highest BCUT2D eigenvalue weighted by Crippen LogP contribution is 2.21. The summed E-state index contributed by atoms with van der Waals surface area (Å²) < 4.78 is 5.74. The summed E-state index contributed by atoms with van der Waals surface area (Å²) in [7, 11) is 0. The summed E-state index contributed by atoms with van der Waals surface area (Å²) in [5.74, 6) is 1.34. The number of hydrazone groups is 1. The van der Waals surface area contributed by atoms with Gasteiger partial charge in [-0.15, -0.1) is 11.8 Å². The van der Waals surface area contributed by atoms with Gasteiger partial charge in [0.05, 0.1) is 12.8 Å². The third-order valence-corrected chi connectivity index (χ3v) is 4.74. The fraction of sp³-hybridized carbons (Fsp3) is 0.300. The van der Waals surface area contributed by atoms with Crippen molar-refractivity contribution in [2.45, 2.75) is 31.1 Å². The van der Waals surface area contributed by atoms with Gasteiger partial charge in [0.15, 0.2) is 0 Å². The first-order chi connectivity index (χ1) is 12.7. The zero-order valence-electron chi connectivity index (χ0n) is 14.8. The summed E-state index contributed by atoms with van der Waals surface area (Å²) in [6.07, 6.45) is 4.10. The summed E-state index contributed by atoms with van der Waals surface area (Å²) in [6, 6.07) is 15.2. The Balaban J connectivity index is 1.75. The Morgan fingerprint density at radius 2 is 2.00 bits per heavy atom. The van der Waals surface area contributed by atoms with Crippen LogP contribution in [-0.4, -0.2) is 24.5 Å². The van der Waals surface area contributed by atoms with Crippen LogP contribution < -0.4 is 10.2 Å². The van der Waals surface area contributed by atoms with E-state index in [1.54, 1.807) is 18.0 Å². The molecule has 2 aromatic rings. The van der Waals surface area contributed by atoms with Gasteiger partial charge in [-0.05, 0) is 42.8 Å². The second-order valence-corrected chi connectivity index (χ2v) is 7.19. The number of rotatable bonds is 10. The third-order valence-electron chi connectivity index (χ3n) is 3.48. The van der Waals surface area contributed by atoms with E-state index >= 15 is 0 Å². The molecule has 2 rings (SSSR count). The number of thioether (sulfide) groups is 1. The second kappa shape index (κ2) is 11.6. The van der Waals surface area contributed by atoms with Gasteiger partial charge in [-0.2, -0.15) is 5.10 Å². The molecule has 0 aliphatic heterocycles. The Morgan fingerprint density at radius 3 is 2.77 bits per heavy atom. The van der Waals surface area contributed by atoms with E-state index in [0.717, 1.165) is 29.1 Å². The largest absolute Gasteiger partial charge is 0.493 e. The lowest BCUT2D eigenvalue weighted by molar-refractivity contribution is -0.120. The van der Waals surface area contributed by atoms with Crippen LogP contribution >= 0.6 is 23.4 Å². The highest BCUT2D eigenvalue weighted by Gasteiger charge is 2.03. The molecule has 6 heteroatoms. The summed E-state index contributed by atoms with van der Waals surface area (Å²) in [5, 5.41) is 4.75. The van der Waals surface area contributed by atoms with Gasteiger partial charge < -0.3 is 4.74 Å². The molecule has 0 atom stereocenters. The number of nitrogens with zero attached hydrogens (tertiary/aromatic N) is 1. The Labute approximate surface area is 164 Å². The zero-order chi connectivity index (χ0) is 18.6. The molecule has 0 aliphatic carbocycles. The lowest BCUT2D eigenvalue weighted by atomic mass is 10.2. The molecular formula is C20H23ClN2O2S. The monoisotopic (exact) mass is 390 g/mol. The average Bonchev–Trinajstić information content (AvgIpc) is 2.65. The number of para-hydroxylation sites is 1. The number of benzene rings is 2. The van der Waals surface area contributed by atoms with Crippen molar-refractivity contribution in [2.75, 3.05) is 12.4 Å². The minimum Gasteiger partial charge on any atom is -0.493 e. The molecule has 4 nitrogen and oxygen atoms in total. The van der Waals surface area contributed by atoms with Crippen molar-refractivity contribution < 1.29 is 9.53 Å². The highest BCUT2D eigenvalue weighted by atomic mass is 35.5. The standard InChI is InChI=1S/C20H23ClN2O2S/c1-2-3-13-25-19-7-5-4-6-16(19)15-22-23-20(24)12-14-26-18-10-8-17(21)9-11-18/h4-11,15H,2-3,12-14H2,1H3,(H,23,24). The number of amides is 1. The third kappa shape index (κ3) is 7.50. The van der Waals surface area contributed by atoms with Crippen molar-refractivity contribution in [3.63, 3.8) is 0 Å². The molecule has 1 amide bonds. The van der Waals surface area contributed by atoms with Crippen molar-refractivity contribution in [1.29, 1.82) is 0 Å². The maximum atomic E-state index is 11.9. The van der Waals surface area contributed by atoms with Crippen molar-refractivity contribution in [1.82, 2.24) is 5.43 Å². The Bertz CT molecular complexity index is 720. The average molecular weight is 391 g/mol. The molecule has 0 saturated heterocycles. The van der Waals surface area contributed by atoms with E-state index < -0.39 is 0 Å². The lowest BCUT2D eigenvalue weighted by Gasteiger charge is -2.08. The molecule has 138 valence electrons. The summed E-state index contributed by atoms with van der Waals surface area (Å²) in [5.41, 5.74) is 3.41. The topological polar surface area (TPSA) is 50.7 Å². The second-order valence-electron chi connectivity index (χ2n) is 5.59. The van der Waals surface area contributed by atoms with Crippen LogP contribution in [0.4, 0.5) is 0 Å². The van der Waals surface area contributed by atoms with E-state index in [0.29, 0.717) is 23.8 Å². The van der Waals surface area contributed by atoms with Crippen LogP contribution in [0.15, 0.2) is 58.5 Å². The van der Waals surface area contributed by atoms with Crippen molar-refractivity contribution in [2.24, 2.45) is 5.10 Å². The van der Waals surface area contributed by atoms with Gasteiger partial charge in [-0.3, -0.25) is 4.79 Å². The van der Waals surface area contributed by atoms with Gasteiger partial charge in [0, 0.05) is 27.7 Å². The SMILES string of the molecule is CCCCOc1ccccc1C=NNC(=O)CCSc1ccc(Cl)cc1. The van der Waals surface area contributed by atoms with E-state index in [2.05, 4.69) is 17.5 Å². The van der Waals surface area contributed by atoms with Crippen molar-refractivity contribution >= 4 is 35.5 Å². The molecule has 0 saturated carbocycles. The minimum absolute atomic E-state index is 0.118. The number of unbranched alkanes of at least 4 members (excludes halogenated alkanes) is 1. The molecule has 0 aromatic heterocycles. The van der Waals surface area contributed by atoms with Crippen LogP contribution in [0, 0.1) is 0 Å². The normalized spacial score (nSPS) is 10.8. The number of carbonyl (C=O) groups is 1. The van der Waals surface area contributed by atoms with Crippen LogP contribution in [0.2, 0.25) is 5.02 Å². The highest BCUT2D eigenvalue weighted by molar-refractivity contribution is 7.99. The minimum atomic E-state index is -0.118. The molecule has 0 spiro atoms. The van der Waals surface area contributed by atoms with E-state index in [4.69, 9.17) is 16.3 Å². The molecule has 26 heavy (non-hydrogen) atoms. The molecule has 0 heterocycles. The predicted octanol–water partition coefficient (Wildman–Crippen LogP) is 5.15. The first kappa shape index (κ1) is 20.3. The summed E-state index contributed by atoms with van der Waals surface area (Å²) in [6.45, 7) is 2.80. The zero-order valence-corrected chi connectivity index (χ0v) is 16.4. The van der Waals surface area contributed by atoms with Crippen LogP contribution in [0.5, 0.6) is 5.75 Å². The van der Waals surface area contributed by atoms with Gasteiger partial charge >= 0.3 is 0 Å². The Morgan fingerprint density at radius 1 is 1.23 bits per heavy atom. The van der Waals surface area contributed by atoms with Crippen molar-refractivity contribution in [3.05, 3.63) is 59.1 Å². The van der Waals surface area contributed by atoms with Gasteiger partial charge in [0.2, 0.25) is 5.91 Å². The van der Waals surface area contributed by atoms with E-state index in [9.17, 15) is 4.79 Å². The van der Waals surface area contributed by atoms with Crippen molar-refractivity contribution in [3.8, 4) is 5.75 Å². The molecule has 2 aromatic carbocycles. The number of hydrogen-bond acceptors (Lipinski definition) is 4. The van der Waals surface area contributed by atoms with E-state index in [1.807, 2.05) is 48.5 Å².